The third-order valence-electron chi connectivity index (χ3n) is 2.59. The zero-order valence-electron chi connectivity index (χ0n) is 8.83. The molecule has 2 heteroatoms. The maximum atomic E-state index is 14.0. The molecule has 0 saturated carbocycles. The topological polar surface area (TPSA) is 0 Å². The van der Waals surface area contributed by atoms with Gasteiger partial charge < -0.3 is 4.11 Å². The van der Waals surface area contributed by atoms with E-state index in [1.807, 2.05) is 6.92 Å². The van der Waals surface area contributed by atoms with Gasteiger partial charge in [-0.3, -0.25) is 0 Å². The zero-order valence-corrected chi connectivity index (χ0v) is 9.83. The summed E-state index contributed by atoms with van der Waals surface area (Å²) in [5, 5.41) is 0. The van der Waals surface area contributed by atoms with Crippen LogP contribution < -0.4 is 0 Å². The molecule has 0 unspecified atom stereocenters. The quantitative estimate of drug-likeness (QED) is 0.409. The van der Waals surface area contributed by atoms with Crippen molar-refractivity contribution in [1.82, 2.24) is 0 Å². The van der Waals surface area contributed by atoms with Crippen molar-refractivity contribution in [2.24, 2.45) is 0 Å². The first kappa shape index (κ1) is 12.1. The first-order valence-corrected chi connectivity index (χ1v) is 7.87. The lowest BCUT2D eigenvalue weighted by Gasteiger charge is -2.19. The fourth-order valence-corrected chi connectivity index (χ4v) is 4.40. The van der Waals surface area contributed by atoms with E-state index >= 15 is 0 Å². The molecule has 0 aliphatic carbocycles. The van der Waals surface area contributed by atoms with Crippen molar-refractivity contribution in [3.8, 4) is 0 Å². The van der Waals surface area contributed by atoms with Crippen molar-refractivity contribution >= 4 is 8.41 Å². The third kappa shape index (κ3) is 4.91. The molecule has 12 heavy (non-hydrogen) atoms. The summed E-state index contributed by atoms with van der Waals surface area (Å²) in [5.74, 6) is 0. The summed E-state index contributed by atoms with van der Waals surface area (Å²) in [7, 11) is -2.27. The van der Waals surface area contributed by atoms with Gasteiger partial charge in [0.15, 0.2) is 0 Å². The predicted molar refractivity (Wildman–Crippen MR) is 56.8 cm³/mol. The van der Waals surface area contributed by atoms with E-state index in [4.69, 9.17) is 0 Å². The van der Waals surface area contributed by atoms with Gasteiger partial charge in [0.05, 0.1) is 0 Å². The molecule has 0 nitrogen and oxygen atoms in total. The fraction of sp³-hybridized carbons (Fsp3) is 1.00. The lowest BCUT2D eigenvalue weighted by atomic mass is 10.4. The van der Waals surface area contributed by atoms with E-state index in [-0.39, 0.29) is 0 Å². The maximum Gasteiger partial charge on any atom is 0.246 e. The van der Waals surface area contributed by atoms with Crippen molar-refractivity contribution in [2.45, 2.75) is 64.6 Å². The summed E-state index contributed by atoms with van der Waals surface area (Å²) in [6.45, 7) is 6.31. The summed E-state index contributed by atoms with van der Waals surface area (Å²) in [6.07, 6.45) is 4.48. The highest BCUT2D eigenvalue weighted by Gasteiger charge is 2.29. The fourth-order valence-electron chi connectivity index (χ4n) is 1.47. The second-order valence-corrected chi connectivity index (χ2v) is 7.72. The number of unbranched alkanes of at least 4 members (excludes halogenated alkanes) is 2. The van der Waals surface area contributed by atoms with Crippen molar-refractivity contribution in [1.29, 1.82) is 0 Å². The summed E-state index contributed by atoms with van der Waals surface area (Å²) < 4.78 is 14.0. The van der Waals surface area contributed by atoms with Gasteiger partial charge in [0.25, 0.3) is 0 Å². The van der Waals surface area contributed by atoms with Crippen molar-refractivity contribution in [3.05, 3.63) is 0 Å². The van der Waals surface area contributed by atoms with Crippen LogP contribution in [0.4, 0.5) is 4.11 Å². The van der Waals surface area contributed by atoms with Gasteiger partial charge in [0, 0.05) is 0 Å². The molecule has 0 aliphatic rings. The molecule has 74 valence electrons. The van der Waals surface area contributed by atoms with Gasteiger partial charge in [-0.25, -0.2) is 0 Å². The van der Waals surface area contributed by atoms with E-state index in [9.17, 15) is 4.11 Å². The Morgan fingerprint density at radius 1 is 0.917 bits per heavy atom. The molecule has 0 aromatic carbocycles. The molecule has 0 spiro atoms. The van der Waals surface area contributed by atoms with Crippen LogP contribution in [0.5, 0.6) is 0 Å². The summed E-state index contributed by atoms with van der Waals surface area (Å²) in [6, 6.07) is 2.63. The van der Waals surface area contributed by atoms with Crippen molar-refractivity contribution in [2.75, 3.05) is 0 Å². The molecule has 0 atom stereocenters. The Morgan fingerprint density at radius 3 is 1.58 bits per heavy atom. The SMILES string of the molecule is CCCC[Si](F)(CC)CCCC. The van der Waals surface area contributed by atoms with Gasteiger partial charge in [-0.05, 0) is 18.1 Å². The molecule has 0 amide bonds. The van der Waals surface area contributed by atoms with Gasteiger partial charge in [0.1, 0.15) is 0 Å². The number of hydrogen-bond acceptors (Lipinski definition) is 0. The van der Waals surface area contributed by atoms with E-state index in [2.05, 4.69) is 13.8 Å². The Labute approximate surface area is 77.7 Å². The average Bonchev–Trinajstić information content (AvgIpc) is 2.11. The van der Waals surface area contributed by atoms with Gasteiger partial charge in [0.2, 0.25) is 8.41 Å². The van der Waals surface area contributed by atoms with Gasteiger partial charge in [-0.1, -0.05) is 46.5 Å². The second kappa shape index (κ2) is 6.64. The van der Waals surface area contributed by atoms with Crippen LogP contribution in [0.1, 0.15) is 46.5 Å². The van der Waals surface area contributed by atoms with Crippen LogP contribution in [-0.4, -0.2) is 8.41 Å². The van der Waals surface area contributed by atoms with Crippen LogP contribution in [0.15, 0.2) is 0 Å². The van der Waals surface area contributed by atoms with Crippen LogP contribution in [0.2, 0.25) is 18.1 Å². The molecule has 0 aromatic rings. The van der Waals surface area contributed by atoms with Gasteiger partial charge >= 0.3 is 0 Å². The lowest BCUT2D eigenvalue weighted by molar-refractivity contribution is 0.693. The smallest absolute Gasteiger partial charge is 0.246 e. The van der Waals surface area contributed by atoms with E-state index in [1.165, 1.54) is 0 Å². The Bertz CT molecular complexity index is 96.0. The van der Waals surface area contributed by atoms with Crippen molar-refractivity contribution < 1.29 is 4.11 Å². The largest absolute Gasteiger partial charge is 0.314 e. The first-order chi connectivity index (χ1) is 5.68. The molecule has 0 bridgehead atoms. The predicted octanol–water partition coefficient (Wildman–Crippen LogP) is 4.52. The molecule has 0 heterocycles. The van der Waals surface area contributed by atoms with Crippen LogP contribution in [-0.2, 0) is 0 Å². The van der Waals surface area contributed by atoms with Gasteiger partial charge in [-0.2, -0.15) is 0 Å². The average molecular weight is 190 g/mol. The molecule has 0 saturated heterocycles. The highest BCUT2D eigenvalue weighted by Crippen LogP contribution is 2.26. The van der Waals surface area contributed by atoms with Crippen LogP contribution >= 0.6 is 0 Å². The lowest BCUT2D eigenvalue weighted by Crippen LogP contribution is -2.26. The molecule has 0 aromatic heterocycles. The maximum absolute atomic E-state index is 14.0. The molecular formula is C10H23FSi. The van der Waals surface area contributed by atoms with E-state index < -0.39 is 8.41 Å². The minimum absolute atomic E-state index is 0.826. The second-order valence-electron chi connectivity index (χ2n) is 3.71. The third-order valence-corrected chi connectivity index (χ3v) is 6.36. The Hall–Kier alpha value is 0.147. The van der Waals surface area contributed by atoms with E-state index in [1.54, 1.807) is 0 Å². The van der Waals surface area contributed by atoms with Crippen LogP contribution in [0.3, 0.4) is 0 Å². The Balaban J connectivity index is 3.70. The minimum Gasteiger partial charge on any atom is -0.314 e. The monoisotopic (exact) mass is 190 g/mol. The van der Waals surface area contributed by atoms with E-state index in [0.717, 1.165) is 43.8 Å². The summed E-state index contributed by atoms with van der Waals surface area (Å²) in [4.78, 5) is 0. The number of halogens is 1. The molecular weight excluding hydrogens is 167 g/mol. The molecule has 0 fully saturated rings. The summed E-state index contributed by atoms with van der Waals surface area (Å²) in [5.41, 5.74) is 0. The highest BCUT2D eigenvalue weighted by molar-refractivity contribution is 6.73. The Kier molecular flexibility index (Phi) is 6.72. The molecule has 0 aliphatic heterocycles. The summed E-state index contributed by atoms with van der Waals surface area (Å²) >= 11 is 0. The van der Waals surface area contributed by atoms with E-state index in [0.29, 0.717) is 0 Å². The van der Waals surface area contributed by atoms with Crippen LogP contribution in [0, 0.1) is 0 Å². The Morgan fingerprint density at radius 2 is 1.33 bits per heavy atom. The number of hydrogen-bond donors (Lipinski definition) is 0. The normalized spacial score (nSPS) is 12.0. The molecule has 0 radical (unpaired) electrons. The zero-order chi connectivity index (χ0) is 9.45. The van der Waals surface area contributed by atoms with Gasteiger partial charge in [-0.15, -0.1) is 0 Å². The highest BCUT2D eigenvalue weighted by atomic mass is 28.4. The minimum atomic E-state index is -2.27. The molecule has 0 N–H and O–H groups in total. The number of rotatable bonds is 7. The first-order valence-electron chi connectivity index (χ1n) is 5.37. The van der Waals surface area contributed by atoms with Crippen molar-refractivity contribution in [3.63, 3.8) is 0 Å². The molecule has 0 rings (SSSR count). The standard InChI is InChI=1S/C10H23FSi/c1-4-7-9-12(11,6-3)10-8-5-2/h4-10H2,1-3H3. The van der Waals surface area contributed by atoms with Crippen LogP contribution in [0.25, 0.3) is 0 Å².